The zero-order valence-electron chi connectivity index (χ0n) is 20.7. The molecule has 0 bridgehead atoms. The number of hydrogen-bond donors (Lipinski definition) is 1. The highest BCUT2D eigenvalue weighted by atomic mass is 32.2. The number of halogens is 1. The summed E-state index contributed by atoms with van der Waals surface area (Å²) < 4.78 is 31.9. The van der Waals surface area contributed by atoms with E-state index in [2.05, 4.69) is 27.4 Å². The SMILES string of the molecule is N#Cc1ccc(COc2ccc3c(n2)N2CCN(CC4=CC=C[SH]4C[C@@H]4CCO4)CC2COC3)c(F)c1. The molecule has 1 aromatic carbocycles. The summed E-state index contributed by atoms with van der Waals surface area (Å²) in [5, 5.41) is 11.3. The molecule has 2 fully saturated rings. The summed E-state index contributed by atoms with van der Waals surface area (Å²) in [7, 11) is -0.230. The fourth-order valence-corrected chi connectivity index (χ4v) is 7.45. The van der Waals surface area contributed by atoms with Crippen molar-refractivity contribution in [1.29, 1.82) is 5.26 Å². The lowest BCUT2D eigenvalue weighted by molar-refractivity contribution is -0.0344. The van der Waals surface area contributed by atoms with Gasteiger partial charge in [0.15, 0.2) is 0 Å². The van der Waals surface area contributed by atoms with E-state index in [1.165, 1.54) is 17.4 Å². The van der Waals surface area contributed by atoms with Crippen molar-refractivity contribution in [3.63, 3.8) is 0 Å². The minimum Gasteiger partial charge on any atom is -0.473 e. The predicted molar refractivity (Wildman–Crippen MR) is 142 cm³/mol. The van der Waals surface area contributed by atoms with Crippen molar-refractivity contribution in [3.05, 3.63) is 75.3 Å². The summed E-state index contributed by atoms with van der Waals surface area (Å²) in [4.78, 5) is 11.3. The van der Waals surface area contributed by atoms with E-state index in [9.17, 15) is 4.39 Å². The number of ether oxygens (including phenoxy) is 3. The third-order valence-corrected chi connectivity index (χ3v) is 9.76. The van der Waals surface area contributed by atoms with Crippen molar-refractivity contribution in [2.45, 2.75) is 31.8 Å². The van der Waals surface area contributed by atoms with Crippen LogP contribution in [0.1, 0.15) is 23.1 Å². The Morgan fingerprint density at radius 1 is 1.24 bits per heavy atom. The van der Waals surface area contributed by atoms with E-state index in [-0.39, 0.29) is 23.5 Å². The lowest BCUT2D eigenvalue weighted by atomic mass is 10.1. The molecule has 9 heteroatoms. The fourth-order valence-electron chi connectivity index (χ4n) is 5.22. The van der Waals surface area contributed by atoms with Crippen LogP contribution in [0, 0.1) is 17.1 Å². The quantitative estimate of drug-likeness (QED) is 0.553. The molecule has 37 heavy (non-hydrogen) atoms. The zero-order valence-corrected chi connectivity index (χ0v) is 21.6. The topological polar surface area (TPSA) is 70.9 Å². The Morgan fingerprint density at radius 2 is 2.16 bits per heavy atom. The van der Waals surface area contributed by atoms with Crippen LogP contribution in [-0.2, 0) is 22.7 Å². The number of benzene rings is 1. The fraction of sp³-hybridized carbons (Fsp3) is 0.429. The molecule has 0 saturated carbocycles. The molecular weight excluding hydrogens is 491 g/mol. The zero-order chi connectivity index (χ0) is 25.2. The average molecular weight is 523 g/mol. The van der Waals surface area contributed by atoms with E-state index in [1.54, 1.807) is 12.1 Å². The van der Waals surface area contributed by atoms with Gasteiger partial charge in [0.2, 0.25) is 5.88 Å². The average Bonchev–Trinajstić information content (AvgIpc) is 3.24. The Bertz CT molecular complexity index is 1260. The van der Waals surface area contributed by atoms with Gasteiger partial charge in [-0.15, -0.1) is 0 Å². The third-order valence-electron chi connectivity index (χ3n) is 7.40. The first-order valence-corrected chi connectivity index (χ1v) is 14.4. The maximum atomic E-state index is 14.3. The lowest BCUT2D eigenvalue weighted by Gasteiger charge is -2.42. The molecule has 1 aromatic heterocycles. The van der Waals surface area contributed by atoms with Gasteiger partial charge in [-0.1, -0.05) is 18.2 Å². The molecule has 7 nitrogen and oxygen atoms in total. The summed E-state index contributed by atoms with van der Waals surface area (Å²) >= 11 is 0. The molecule has 3 atom stereocenters. The second-order valence-corrected chi connectivity index (χ2v) is 12.0. The number of fused-ring (bicyclic) bond motifs is 3. The van der Waals surface area contributed by atoms with Gasteiger partial charge >= 0.3 is 0 Å². The number of hydrogen-bond acceptors (Lipinski definition) is 7. The molecule has 5 heterocycles. The van der Waals surface area contributed by atoms with Crippen LogP contribution in [0.4, 0.5) is 10.2 Å². The number of thiol groups is 1. The molecule has 194 valence electrons. The summed E-state index contributed by atoms with van der Waals surface area (Å²) in [6.45, 7) is 5.87. The highest BCUT2D eigenvalue weighted by Gasteiger charge is 2.33. The van der Waals surface area contributed by atoms with Gasteiger partial charge in [-0.2, -0.15) is 10.2 Å². The van der Waals surface area contributed by atoms with E-state index in [0.717, 1.165) is 49.9 Å². The molecule has 0 N–H and O–H groups in total. The molecule has 4 aliphatic rings. The Labute approximate surface area is 219 Å². The molecule has 2 saturated heterocycles. The van der Waals surface area contributed by atoms with E-state index in [4.69, 9.17) is 24.5 Å². The first kappa shape index (κ1) is 24.4. The number of anilines is 1. The maximum absolute atomic E-state index is 14.3. The van der Waals surface area contributed by atoms with Crippen LogP contribution in [0.5, 0.6) is 5.88 Å². The number of piperazine rings is 1. The Balaban J connectivity index is 1.10. The standard InChI is InChI=1S/C28H31FN4O3S/c29-26-12-20(13-30)3-4-21(26)17-36-27-6-5-22-16-34-18-23-14-32(8-9-33(23)28(22)31-27)15-25-2-1-11-37(25)19-24-7-10-35-24/h1-6,11-12,23-24,37H,7-10,14-19H2/t23?,24-/m0/s1. The van der Waals surface area contributed by atoms with Gasteiger partial charge in [0.05, 0.1) is 37.0 Å². The minimum atomic E-state index is -0.449. The number of rotatable bonds is 7. The largest absolute Gasteiger partial charge is 0.473 e. The number of pyridine rings is 1. The number of aromatic nitrogens is 1. The number of allylic oxidation sites excluding steroid dienone is 2. The van der Waals surface area contributed by atoms with Crippen molar-refractivity contribution in [3.8, 4) is 11.9 Å². The molecule has 0 spiro atoms. The maximum Gasteiger partial charge on any atom is 0.215 e. The van der Waals surface area contributed by atoms with Crippen LogP contribution in [0.25, 0.3) is 0 Å². The van der Waals surface area contributed by atoms with Gasteiger partial charge in [0.25, 0.3) is 0 Å². The number of nitriles is 1. The van der Waals surface area contributed by atoms with Gasteiger partial charge in [0.1, 0.15) is 18.2 Å². The van der Waals surface area contributed by atoms with Crippen LogP contribution < -0.4 is 9.64 Å². The van der Waals surface area contributed by atoms with Crippen LogP contribution in [-0.4, -0.2) is 67.2 Å². The molecule has 6 rings (SSSR count). The van der Waals surface area contributed by atoms with Crippen molar-refractivity contribution in [2.24, 2.45) is 0 Å². The van der Waals surface area contributed by atoms with E-state index in [0.29, 0.717) is 36.3 Å². The Kier molecular flexibility index (Phi) is 7.16. The summed E-state index contributed by atoms with van der Waals surface area (Å²) in [6.07, 6.45) is 6.16. The lowest BCUT2D eigenvalue weighted by Crippen LogP contribution is -2.55. The molecule has 0 aliphatic carbocycles. The summed E-state index contributed by atoms with van der Waals surface area (Å²) in [6, 6.07) is 10.4. The molecule has 2 unspecified atom stereocenters. The highest BCUT2D eigenvalue weighted by molar-refractivity contribution is 8.23. The van der Waals surface area contributed by atoms with E-state index >= 15 is 0 Å². The van der Waals surface area contributed by atoms with Crippen LogP contribution in [0.15, 0.2) is 52.8 Å². The molecule has 0 radical (unpaired) electrons. The smallest absolute Gasteiger partial charge is 0.215 e. The van der Waals surface area contributed by atoms with Crippen molar-refractivity contribution in [2.75, 3.05) is 50.0 Å². The predicted octanol–water partition coefficient (Wildman–Crippen LogP) is 3.89. The molecule has 2 aromatic rings. The van der Waals surface area contributed by atoms with Crippen molar-refractivity contribution >= 4 is 16.7 Å². The van der Waals surface area contributed by atoms with Crippen LogP contribution in [0.2, 0.25) is 0 Å². The van der Waals surface area contributed by atoms with E-state index in [1.807, 2.05) is 18.2 Å². The van der Waals surface area contributed by atoms with Gasteiger partial charge < -0.3 is 19.1 Å². The normalized spacial score (nSPS) is 25.9. The summed E-state index contributed by atoms with van der Waals surface area (Å²) in [5.41, 5.74) is 1.73. The minimum absolute atomic E-state index is 0.0507. The first-order valence-electron chi connectivity index (χ1n) is 12.8. The highest BCUT2D eigenvalue weighted by Crippen LogP contribution is 2.43. The van der Waals surface area contributed by atoms with Gasteiger partial charge in [-0.25, -0.2) is 15.3 Å². The van der Waals surface area contributed by atoms with Crippen molar-refractivity contribution < 1.29 is 18.6 Å². The number of nitrogens with zero attached hydrogens (tertiary/aromatic N) is 4. The van der Waals surface area contributed by atoms with Gasteiger partial charge in [0, 0.05) is 55.7 Å². The first-order chi connectivity index (χ1) is 18.2. The van der Waals surface area contributed by atoms with Crippen LogP contribution in [0.3, 0.4) is 0 Å². The molecule has 0 amide bonds. The summed E-state index contributed by atoms with van der Waals surface area (Å²) in [5.74, 6) is 2.05. The molecule has 4 aliphatic heterocycles. The third kappa shape index (κ3) is 5.39. The van der Waals surface area contributed by atoms with Crippen LogP contribution >= 0.6 is 10.9 Å². The van der Waals surface area contributed by atoms with E-state index < -0.39 is 5.82 Å². The van der Waals surface area contributed by atoms with Crippen molar-refractivity contribution in [1.82, 2.24) is 9.88 Å². The second kappa shape index (κ2) is 10.8. The van der Waals surface area contributed by atoms with Gasteiger partial charge in [-0.05, 0) is 34.9 Å². The monoisotopic (exact) mass is 522 g/mol. The van der Waals surface area contributed by atoms with Gasteiger partial charge in [-0.3, -0.25) is 4.90 Å². The Hall–Kier alpha value is -2.90. The molecular formula is C28H31FN4O3S. The second-order valence-electron chi connectivity index (χ2n) is 9.87. The Morgan fingerprint density at radius 3 is 2.97 bits per heavy atom.